The van der Waals surface area contributed by atoms with E-state index in [4.69, 9.17) is 4.74 Å². The molecule has 0 bridgehead atoms. The predicted octanol–water partition coefficient (Wildman–Crippen LogP) is 1.35. The summed E-state index contributed by atoms with van der Waals surface area (Å²) < 4.78 is 6.37. The van der Waals surface area contributed by atoms with Crippen LogP contribution in [0.5, 0.6) is 5.75 Å². The Morgan fingerprint density at radius 1 is 1.27 bits per heavy atom. The van der Waals surface area contributed by atoms with Crippen LogP contribution >= 0.6 is 0 Å². The highest BCUT2D eigenvalue weighted by molar-refractivity contribution is 6.03. The van der Waals surface area contributed by atoms with Gasteiger partial charge >= 0.3 is 5.97 Å². The van der Waals surface area contributed by atoms with Gasteiger partial charge in [0.05, 0.1) is 17.4 Å². The third-order valence-electron chi connectivity index (χ3n) is 5.28. The maximum absolute atomic E-state index is 12.8. The summed E-state index contributed by atoms with van der Waals surface area (Å²) in [7, 11) is 1.47. The van der Waals surface area contributed by atoms with Crippen LogP contribution < -0.4 is 10.9 Å². The minimum Gasteiger partial charge on any atom is -0.506 e. The van der Waals surface area contributed by atoms with E-state index in [-0.39, 0.29) is 11.3 Å². The van der Waals surface area contributed by atoms with Crippen molar-refractivity contribution in [2.45, 2.75) is 39.7 Å². The molecule has 10 nitrogen and oxygen atoms in total. The molecule has 0 spiro atoms. The number of hydrogen-bond acceptors (Lipinski definition) is 7. The number of aromatic nitrogens is 2. The zero-order chi connectivity index (χ0) is 24.5. The molecule has 2 aromatic heterocycles. The Hall–Kier alpha value is -3.69. The van der Waals surface area contributed by atoms with Gasteiger partial charge in [-0.2, -0.15) is 0 Å². The quantitative estimate of drug-likeness (QED) is 0.664. The summed E-state index contributed by atoms with van der Waals surface area (Å²) in [4.78, 5) is 55.0. The van der Waals surface area contributed by atoms with Crippen molar-refractivity contribution >= 4 is 34.3 Å². The normalized spacial score (nSPS) is 14.1. The Kier molecular flexibility index (Phi) is 6.57. The second-order valence-corrected chi connectivity index (χ2v) is 8.89. The van der Waals surface area contributed by atoms with Crippen molar-refractivity contribution in [2.75, 3.05) is 19.6 Å². The number of pyridine rings is 2. The number of rotatable bonds is 4. The molecule has 176 valence electrons. The highest BCUT2D eigenvalue weighted by Crippen LogP contribution is 2.29. The van der Waals surface area contributed by atoms with E-state index < -0.39 is 40.9 Å². The number of amides is 2. The third kappa shape index (κ3) is 5.21. The fraction of sp³-hybridized carbons (Fsp3) is 0.435. The van der Waals surface area contributed by atoms with Crippen molar-refractivity contribution in [1.29, 1.82) is 0 Å². The van der Waals surface area contributed by atoms with Crippen LogP contribution in [0.15, 0.2) is 23.1 Å². The smallest absolute Gasteiger partial charge is 0.325 e. The van der Waals surface area contributed by atoms with Gasteiger partial charge in [-0.15, -0.1) is 0 Å². The number of carbonyl (C=O) groups is 3. The van der Waals surface area contributed by atoms with E-state index in [1.165, 1.54) is 24.7 Å². The fourth-order valence-corrected chi connectivity index (χ4v) is 3.60. The molecule has 33 heavy (non-hydrogen) atoms. The monoisotopic (exact) mass is 456 g/mol. The average Bonchev–Trinajstić information content (AvgIpc) is 2.75. The van der Waals surface area contributed by atoms with Gasteiger partial charge in [0.2, 0.25) is 5.91 Å². The lowest BCUT2D eigenvalue weighted by Crippen LogP contribution is -2.37. The zero-order valence-corrected chi connectivity index (χ0v) is 19.4. The van der Waals surface area contributed by atoms with Gasteiger partial charge in [-0.25, -0.2) is 0 Å². The van der Waals surface area contributed by atoms with Gasteiger partial charge in [0.15, 0.2) is 0 Å². The van der Waals surface area contributed by atoms with Crippen molar-refractivity contribution in [3.8, 4) is 5.75 Å². The number of nitrogens with one attached hydrogen (secondary N) is 1. The second-order valence-electron chi connectivity index (χ2n) is 8.89. The van der Waals surface area contributed by atoms with Crippen molar-refractivity contribution in [3.63, 3.8) is 0 Å². The number of hydrogen-bond donors (Lipinski definition) is 2. The highest BCUT2D eigenvalue weighted by Gasteiger charge is 2.24. The average molecular weight is 456 g/mol. The van der Waals surface area contributed by atoms with Gasteiger partial charge in [-0.3, -0.25) is 24.2 Å². The minimum atomic E-state index is -0.881. The van der Waals surface area contributed by atoms with Crippen LogP contribution in [0.4, 0.5) is 0 Å². The molecule has 2 aromatic rings. The van der Waals surface area contributed by atoms with E-state index in [1.54, 1.807) is 31.7 Å². The first kappa shape index (κ1) is 24.0. The molecule has 10 heteroatoms. The van der Waals surface area contributed by atoms with Crippen LogP contribution in [0.1, 0.15) is 50.2 Å². The molecule has 3 heterocycles. The van der Waals surface area contributed by atoms with Crippen molar-refractivity contribution in [1.82, 2.24) is 19.8 Å². The number of fused-ring (bicyclic) bond motifs is 1. The molecule has 1 aliphatic heterocycles. The van der Waals surface area contributed by atoms with Crippen LogP contribution in [0.3, 0.4) is 0 Å². The highest BCUT2D eigenvalue weighted by atomic mass is 16.6. The van der Waals surface area contributed by atoms with Crippen LogP contribution in [0, 0.1) is 0 Å². The van der Waals surface area contributed by atoms with Crippen LogP contribution in [-0.2, 0) is 21.4 Å². The third-order valence-corrected chi connectivity index (χ3v) is 5.28. The molecule has 0 atom stereocenters. The summed E-state index contributed by atoms with van der Waals surface area (Å²) in [6, 6.07) is 1.62. The lowest BCUT2D eigenvalue weighted by Gasteiger charge is -2.25. The van der Waals surface area contributed by atoms with Gasteiger partial charge < -0.3 is 24.6 Å². The van der Waals surface area contributed by atoms with E-state index in [0.717, 1.165) is 5.57 Å². The van der Waals surface area contributed by atoms with E-state index in [2.05, 4.69) is 10.3 Å². The summed E-state index contributed by atoms with van der Waals surface area (Å²) in [6.07, 6.45) is 3.95. The molecule has 0 aromatic carbocycles. The summed E-state index contributed by atoms with van der Waals surface area (Å²) >= 11 is 0. The molecule has 0 saturated carbocycles. The number of carbonyl (C=O) groups excluding carboxylic acids is 3. The first-order valence-electron chi connectivity index (χ1n) is 10.6. The standard InChI is InChI=1S/C23H28N4O6/c1-13(28)27-8-6-14(7-9-27)16-10-15-17(11-24-16)26(5)22(32)19(20(15)30)21(31)25-12-18(29)33-23(2,3)4/h6,10-11,30H,7-9,12H2,1-5H3,(H,25,31). The molecule has 0 radical (unpaired) electrons. The van der Waals surface area contributed by atoms with Gasteiger partial charge in [0.1, 0.15) is 23.5 Å². The predicted molar refractivity (Wildman–Crippen MR) is 122 cm³/mol. The molecule has 3 rings (SSSR count). The van der Waals surface area contributed by atoms with Crippen LogP contribution in [-0.4, -0.2) is 62.6 Å². The number of aryl methyl sites for hydroxylation is 1. The first-order chi connectivity index (χ1) is 15.4. The Morgan fingerprint density at radius 2 is 1.97 bits per heavy atom. The second kappa shape index (κ2) is 9.05. The Morgan fingerprint density at radius 3 is 2.55 bits per heavy atom. The molecule has 0 aliphatic carbocycles. The molecule has 2 amide bonds. The molecular formula is C23H28N4O6. The molecule has 1 aliphatic rings. The van der Waals surface area contributed by atoms with Crippen molar-refractivity contribution in [3.05, 3.63) is 40.0 Å². The Bertz CT molecular complexity index is 1220. The van der Waals surface area contributed by atoms with E-state index >= 15 is 0 Å². The molecule has 0 fully saturated rings. The summed E-state index contributed by atoms with van der Waals surface area (Å²) in [5, 5.41) is 13.4. The van der Waals surface area contributed by atoms with Gasteiger partial charge in [0.25, 0.3) is 11.5 Å². The summed E-state index contributed by atoms with van der Waals surface area (Å²) in [5.74, 6) is -2.04. The number of ether oxygens (including phenoxy) is 1. The topological polar surface area (TPSA) is 131 Å². The fourth-order valence-electron chi connectivity index (χ4n) is 3.60. The Balaban J connectivity index is 1.94. The van der Waals surface area contributed by atoms with Crippen molar-refractivity contribution in [2.24, 2.45) is 7.05 Å². The number of esters is 1. The molecule has 2 N–H and O–H groups in total. The number of nitrogens with zero attached hydrogens (tertiary/aromatic N) is 3. The molecular weight excluding hydrogens is 428 g/mol. The maximum Gasteiger partial charge on any atom is 0.325 e. The van der Waals surface area contributed by atoms with E-state index in [0.29, 0.717) is 30.7 Å². The van der Waals surface area contributed by atoms with Crippen molar-refractivity contribution < 1.29 is 24.2 Å². The summed E-state index contributed by atoms with van der Waals surface area (Å²) in [5.41, 5.74) is -0.0665. The zero-order valence-electron chi connectivity index (χ0n) is 19.4. The SMILES string of the molecule is CC(=O)N1CC=C(c2cc3c(O)c(C(=O)NCC(=O)OC(C)(C)C)c(=O)n(C)c3cn2)CC1. The van der Waals surface area contributed by atoms with Gasteiger partial charge in [-0.1, -0.05) is 6.08 Å². The minimum absolute atomic E-state index is 0.00792. The van der Waals surface area contributed by atoms with E-state index in [1.807, 2.05) is 6.08 Å². The van der Waals surface area contributed by atoms with Crippen LogP contribution in [0.2, 0.25) is 0 Å². The van der Waals surface area contributed by atoms with Gasteiger partial charge in [0, 0.05) is 32.4 Å². The largest absolute Gasteiger partial charge is 0.506 e. The van der Waals surface area contributed by atoms with Gasteiger partial charge in [-0.05, 0) is 38.8 Å². The lowest BCUT2D eigenvalue weighted by atomic mass is 10.0. The van der Waals surface area contributed by atoms with Crippen LogP contribution in [0.25, 0.3) is 16.5 Å². The number of aromatic hydroxyl groups is 1. The molecule has 0 unspecified atom stereocenters. The summed E-state index contributed by atoms with van der Waals surface area (Å²) in [6.45, 7) is 7.17. The first-order valence-corrected chi connectivity index (χ1v) is 10.6. The Labute approximate surface area is 190 Å². The lowest BCUT2D eigenvalue weighted by molar-refractivity contribution is -0.153. The molecule has 0 saturated heterocycles. The maximum atomic E-state index is 12.8. The van der Waals surface area contributed by atoms with E-state index in [9.17, 15) is 24.3 Å².